The molecule has 1 aliphatic heterocycles. The molecule has 1 heterocycles. The van der Waals surface area contributed by atoms with Crippen molar-refractivity contribution >= 4 is 5.69 Å². The lowest BCUT2D eigenvalue weighted by Crippen LogP contribution is -2.34. The minimum absolute atomic E-state index is 0.347. The maximum absolute atomic E-state index is 9.21. The fourth-order valence-corrected chi connectivity index (χ4v) is 3.59. The molecular weight excluding hydrogens is 260 g/mol. The van der Waals surface area contributed by atoms with Gasteiger partial charge in [0.25, 0.3) is 0 Å². The highest BCUT2D eigenvalue weighted by molar-refractivity contribution is 5.48. The summed E-state index contributed by atoms with van der Waals surface area (Å²) in [5, 5.41) is 12.9. The molecule has 3 rings (SSSR count). The van der Waals surface area contributed by atoms with Crippen molar-refractivity contribution in [1.29, 1.82) is 0 Å². The van der Waals surface area contributed by atoms with Crippen LogP contribution in [-0.2, 0) is 6.54 Å². The summed E-state index contributed by atoms with van der Waals surface area (Å²) in [6.07, 6.45) is 7.69. The molecule has 0 bridgehead atoms. The van der Waals surface area contributed by atoms with Gasteiger partial charge in [-0.05, 0) is 49.3 Å². The zero-order chi connectivity index (χ0) is 14.5. The van der Waals surface area contributed by atoms with Crippen molar-refractivity contribution in [3.8, 4) is 0 Å². The molecule has 2 N–H and O–H groups in total. The van der Waals surface area contributed by atoms with Crippen LogP contribution in [0.5, 0.6) is 0 Å². The number of aliphatic hydroxyl groups is 1. The molecule has 1 saturated carbocycles. The second-order valence-electron chi connectivity index (χ2n) is 6.64. The van der Waals surface area contributed by atoms with Gasteiger partial charge in [0.2, 0.25) is 0 Å². The molecule has 1 aliphatic carbocycles. The van der Waals surface area contributed by atoms with Crippen molar-refractivity contribution < 1.29 is 5.11 Å². The molecule has 1 aromatic carbocycles. The molecule has 1 aromatic rings. The first-order valence-corrected chi connectivity index (χ1v) is 8.53. The average molecular weight is 288 g/mol. The number of piperidine rings is 1. The first-order chi connectivity index (χ1) is 10.3. The van der Waals surface area contributed by atoms with E-state index in [1.165, 1.54) is 36.9 Å². The summed E-state index contributed by atoms with van der Waals surface area (Å²) in [6.45, 7) is 3.49. The molecule has 0 spiro atoms. The Balaban J connectivity index is 1.49. The lowest BCUT2D eigenvalue weighted by atomic mass is 9.97. The van der Waals surface area contributed by atoms with E-state index < -0.39 is 0 Å². The van der Waals surface area contributed by atoms with E-state index in [1.807, 2.05) is 0 Å². The Hall–Kier alpha value is -1.06. The number of rotatable bonds is 5. The molecule has 3 heteroatoms. The summed E-state index contributed by atoms with van der Waals surface area (Å²) in [5.74, 6) is 0.510. The van der Waals surface area contributed by atoms with E-state index in [1.54, 1.807) is 0 Å². The average Bonchev–Trinajstić information content (AvgIpc) is 3.07. The lowest BCUT2D eigenvalue weighted by molar-refractivity contribution is 0.203. The van der Waals surface area contributed by atoms with Crippen LogP contribution in [0, 0.1) is 5.92 Å². The molecule has 1 saturated heterocycles. The van der Waals surface area contributed by atoms with Crippen molar-refractivity contribution in [3.05, 3.63) is 29.8 Å². The number of hydrogen-bond acceptors (Lipinski definition) is 3. The fraction of sp³-hybridized carbons (Fsp3) is 0.667. The van der Waals surface area contributed by atoms with Crippen LogP contribution in [0.25, 0.3) is 0 Å². The molecule has 0 unspecified atom stereocenters. The quantitative estimate of drug-likeness (QED) is 0.874. The molecule has 116 valence electrons. The maximum atomic E-state index is 9.21. The van der Waals surface area contributed by atoms with Crippen molar-refractivity contribution in [1.82, 2.24) is 5.32 Å². The molecule has 2 aliphatic rings. The van der Waals surface area contributed by atoms with Gasteiger partial charge in [0, 0.05) is 38.0 Å². The molecule has 3 nitrogen and oxygen atoms in total. The largest absolute Gasteiger partial charge is 0.396 e. The summed E-state index contributed by atoms with van der Waals surface area (Å²) in [6, 6.07) is 9.77. The number of benzene rings is 1. The van der Waals surface area contributed by atoms with Crippen molar-refractivity contribution in [2.24, 2.45) is 5.92 Å². The van der Waals surface area contributed by atoms with Gasteiger partial charge in [-0.2, -0.15) is 0 Å². The van der Waals surface area contributed by atoms with Gasteiger partial charge in [0.1, 0.15) is 0 Å². The molecule has 0 amide bonds. The van der Waals surface area contributed by atoms with Crippen LogP contribution < -0.4 is 10.2 Å². The normalized spacial score (nSPS) is 21.1. The number of anilines is 1. The predicted molar refractivity (Wildman–Crippen MR) is 87.6 cm³/mol. The van der Waals surface area contributed by atoms with Crippen LogP contribution in [0.15, 0.2) is 24.3 Å². The van der Waals surface area contributed by atoms with Crippen LogP contribution in [0.2, 0.25) is 0 Å². The van der Waals surface area contributed by atoms with Gasteiger partial charge in [-0.3, -0.25) is 0 Å². The SMILES string of the molecule is OCC1CCN(c2ccc(CNC3CCCC3)cc2)CC1. The predicted octanol–water partition coefficient (Wildman–Crippen LogP) is 2.93. The molecule has 0 aromatic heterocycles. The molecule has 0 atom stereocenters. The van der Waals surface area contributed by atoms with Gasteiger partial charge in [0.15, 0.2) is 0 Å². The topological polar surface area (TPSA) is 35.5 Å². The smallest absolute Gasteiger partial charge is 0.0460 e. The van der Waals surface area contributed by atoms with E-state index in [9.17, 15) is 5.11 Å². The molecular formula is C18H28N2O. The van der Waals surface area contributed by atoms with E-state index in [2.05, 4.69) is 34.5 Å². The van der Waals surface area contributed by atoms with E-state index in [4.69, 9.17) is 0 Å². The number of nitrogens with one attached hydrogen (secondary N) is 1. The standard InChI is InChI=1S/C18H28N2O/c21-14-16-9-11-20(12-10-16)18-7-5-15(6-8-18)13-19-17-3-1-2-4-17/h5-8,16-17,19,21H,1-4,9-14H2. The van der Waals surface area contributed by atoms with Crippen molar-refractivity contribution in [2.45, 2.75) is 51.1 Å². The first kappa shape index (κ1) is 14.9. The van der Waals surface area contributed by atoms with Gasteiger partial charge in [-0.15, -0.1) is 0 Å². The minimum Gasteiger partial charge on any atom is -0.396 e. The van der Waals surface area contributed by atoms with E-state index in [0.29, 0.717) is 12.5 Å². The first-order valence-electron chi connectivity index (χ1n) is 8.53. The summed E-state index contributed by atoms with van der Waals surface area (Å²) in [4.78, 5) is 2.44. The number of nitrogens with zero attached hydrogens (tertiary/aromatic N) is 1. The second-order valence-corrected chi connectivity index (χ2v) is 6.64. The van der Waals surface area contributed by atoms with Crippen LogP contribution in [0.3, 0.4) is 0 Å². The van der Waals surface area contributed by atoms with Crippen LogP contribution in [-0.4, -0.2) is 30.8 Å². The van der Waals surface area contributed by atoms with Gasteiger partial charge in [0.05, 0.1) is 0 Å². The Bertz CT molecular complexity index is 417. The van der Waals surface area contributed by atoms with E-state index >= 15 is 0 Å². The van der Waals surface area contributed by atoms with Crippen LogP contribution >= 0.6 is 0 Å². The molecule has 2 fully saturated rings. The highest BCUT2D eigenvalue weighted by Gasteiger charge is 2.18. The minimum atomic E-state index is 0.347. The monoisotopic (exact) mass is 288 g/mol. The van der Waals surface area contributed by atoms with Crippen molar-refractivity contribution in [3.63, 3.8) is 0 Å². The Labute approximate surface area is 128 Å². The Morgan fingerprint density at radius 3 is 2.29 bits per heavy atom. The Kier molecular flexibility index (Phi) is 5.15. The third kappa shape index (κ3) is 3.98. The zero-order valence-electron chi connectivity index (χ0n) is 12.9. The van der Waals surface area contributed by atoms with Gasteiger partial charge in [-0.25, -0.2) is 0 Å². The highest BCUT2D eigenvalue weighted by Crippen LogP contribution is 2.23. The maximum Gasteiger partial charge on any atom is 0.0460 e. The zero-order valence-corrected chi connectivity index (χ0v) is 12.9. The Morgan fingerprint density at radius 2 is 1.67 bits per heavy atom. The number of aliphatic hydroxyl groups excluding tert-OH is 1. The lowest BCUT2D eigenvalue weighted by Gasteiger charge is -2.33. The van der Waals surface area contributed by atoms with Crippen LogP contribution in [0.4, 0.5) is 5.69 Å². The van der Waals surface area contributed by atoms with Crippen molar-refractivity contribution in [2.75, 3.05) is 24.6 Å². The number of hydrogen-bond donors (Lipinski definition) is 2. The third-order valence-electron chi connectivity index (χ3n) is 5.12. The van der Waals surface area contributed by atoms with Crippen LogP contribution in [0.1, 0.15) is 44.1 Å². The Morgan fingerprint density at radius 1 is 1.00 bits per heavy atom. The van der Waals surface area contributed by atoms with E-state index in [0.717, 1.165) is 38.5 Å². The summed E-state index contributed by atoms with van der Waals surface area (Å²) < 4.78 is 0. The molecule has 0 radical (unpaired) electrons. The van der Waals surface area contributed by atoms with Gasteiger partial charge >= 0.3 is 0 Å². The summed E-state index contributed by atoms with van der Waals surface area (Å²) >= 11 is 0. The molecule has 21 heavy (non-hydrogen) atoms. The summed E-state index contributed by atoms with van der Waals surface area (Å²) in [5.41, 5.74) is 2.71. The third-order valence-corrected chi connectivity index (χ3v) is 5.12. The van der Waals surface area contributed by atoms with Gasteiger partial charge < -0.3 is 15.3 Å². The van der Waals surface area contributed by atoms with E-state index in [-0.39, 0.29) is 0 Å². The van der Waals surface area contributed by atoms with Gasteiger partial charge in [-0.1, -0.05) is 25.0 Å². The second kappa shape index (κ2) is 7.28. The highest BCUT2D eigenvalue weighted by atomic mass is 16.3. The summed E-state index contributed by atoms with van der Waals surface area (Å²) in [7, 11) is 0. The fourth-order valence-electron chi connectivity index (χ4n) is 3.59.